The number of ether oxygens (including phenoxy) is 2. The number of aromatic nitrogens is 2. The third-order valence-electron chi connectivity index (χ3n) is 4.81. The van der Waals surface area contributed by atoms with Crippen LogP contribution in [0.15, 0.2) is 29.4 Å². The summed E-state index contributed by atoms with van der Waals surface area (Å²) in [6.07, 6.45) is 2.73. The molecule has 8 nitrogen and oxygen atoms in total. The summed E-state index contributed by atoms with van der Waals surface area (Å²) < 4.78 is 35.3. The Kier molecular flexibility index (Phi) is 13.5. The molecule has 0 fully saturated rings. The van der Waals surface area contributed by atoms with Crippen molar-refractivity contribution < 1.29 is 23.0 Å². The molecule has 0 saturated heterocycles. The lowest BCUT2D eigenvalue weighted by atomic mass is 10.0. The summed E-state index contributed by atoms with van der Waals surface area (Å²) in [5, 5.41) is 3.47. The number of anilines is 1. The lowest BCUT2D eigenvalue weighted by molar-refractivity contribution is -0.106. The van der Waals surface area contributed by atoms with Crippen molar-refractivity contribution in [2.45, 2.75) is 32.2 Å². The Morgan fingerprint density at radius 2 is 2.08 bits per heavy atom. The predicted molar refractivity (Wildman–Crippen MR) is 147 cm³/mol. The Morgan fingerprint density at radius 1 is 1.39 bits per heavy atom. The minimum Gasteiger partial charge on any atom is -0.482 e. The van der Waals surface area contributed by atoms with Crippen LogP contribution in [0.4, 0.5) is 20.3 Å². The van der Waals surface area contributed by atoms with Crippen molar-refractivity contribution in [2.24, 2.45) is 4.99 Å². The molecule has 0 aromatic carbocycles. The molecule has 12 heteroatoms. The molecule has 2 aromatic heterocycles. The second kappa shape index (κ2) is 15.5. The van der Waals surface area contributed by atoms with Crippen LogP contribution in [-0.4, -0.2) is 80.1 Å². The first kappa shape index (κ1) is 31.4. The van der Waals surface area contributed by atoms with E-state index in [1.807, 2.05) is 7.05 Å². The number of aldehydes is 1. The molecule has 1 atom stereocenters. The predicted octanol–water partition coefficient (Wildman–Crippen LogP) is 5.24. The van der Waals surface area contributed by atoms with Crippen molar-refractivity contribution >= 4 is 52.5 Å². The molecule has 0 spiro atoms. The number of hydrogen-bond donors (Lipinski definition) is 1. The summed E-state index contributed by atoms with van der Waals surface area (Å²) in [5.41, 5.74) is 0.735. The first-order chi connectivity index (χ1) is 16.9. The first-order valence-corrected chi connectivity index (χ1v) is 13.2. The summed E-state index contributed by atoms with van der Waals surface area (Å²) in [5.74, 6) is 5.53. The number of likely N-dealkylation sites (N-methyl/N-ethyl adjacent to an activating group) is 1. The SMILES string of the molecule is C=Nc1ccc(Oc2ncc(Cl)cc2OCC(F)F)nc1N(C)CC=O.C=S(C)CCC(C)(C)NC. The van der Waals surface area contributed by atoms with Crippen LogP contribution in [0.25, 0.3) is 0 Å². The maximum absolute atomic E-state index is 12.4. The van der Waals surface area contributed by atoms with Gasteiger partial charge in [-0.25, -0.2) is 13.8 Å². The number of rotatable bonds is 13. The average molecular weight is 546 g/mol. The van der Waals surface area contributed by atoms with Gasteiger partial charge in [0.2, 0.25) is 5.88 Å². The van der Waals surface area contributed by atoms with E-state index in [4.69, 9.17) is 21.1 Å². The Labute approximate surface area is 219 Å². The molecule has 0 bridgehead atoms. The van der Waals surface area contributed by atoms with Gasteiger partial charge in [-0.2, -0.15) is 15.5 Å². The number of alkyl halides is 2. The Bertz CT molecular complexity index is 1030. The molecule has 0 amide bonds. The molecule has 200 valence electrons. The highest BCUT2D eigenvalue weighted by Gasteiger charge is 2.16. The van der Waals surface area contributed by atoms with Crippen LogP contribution in [0.3, 0.4) is 0 Å². The number of hydrogen-bond acceptors (Lipinski definition) is 8. The van der Waals surface area contributed by atoms with E-state index in [2.05, 4.69) is 53.0 Å². The van der Waals surface area contributed by atoms with E-state index in [-0.39, 0.29) is 29.1 Å². The lowest BCUT2D eigenvalue weighted by Gasteiger charge is -2.23. The van der Waals surface area contributed by atoms with Crippen LogP contribution in [0.5, 0.6) is 17.5 Å². The lowest BCUT2D eigenvalue weighted by Crippen LogP contribution is -2.36. The van der Waals surface area contributed by atoms with Crippen molar-refractivity contribution in [3.63, 3.8) is 0 Å². The minimum atomic E-state index is -2.67. The van der Waals surface area contributed by atoms with Crippen LogP contribution in [0.2, 0.25) is 5.02 Å². The topological polar surface area (TPSA) is 88.9 Å². The maximum Gasteiger partial charge on any atom is 0.272 e. The van der Waals surface area contributed by atoms with Crippen molar-refractivity contribution in [2.75, 3.05) is 44.2 Å². The van der Waals surface area contributed by atoms with E-state index >= 15 is 0 Å². The number of nitrogens with zero attached hydrogens (tertiary/aromatic N) is 4. The third kappa shape index (κ3) is 11.4. The number of carbonyl (C=O) groups excluding carboxylic acids is 1. The molecule has 0 aliphatic carbocycles. The zero-order valence-corrected chi connectivity index (χ0v) is 22.8. The minimum absolute atomic E-state index is 0.0479. The van der Waals surface area contributed by atoms with Gasteiger partial charge in [0.25, 0.3) is 12.3 Å². The standard InChI is InChI=1S/C16H15ClF2N4O3.C8H19NS/c1-20-11-3-4-14(22-15(11)23(2)5-6-24)26-16-12(25-9-13(18)19)7-10(17)8-21-16;1-8(2,9-3)6-7-10(4)5/h3-4,6-8,13H,1,5,9H2,2H3;9H,4,6-7H2,1-3,5H3. The highest BCUT2D eigenvalue weighted by Crippen LogP contribution is 2.34. The molecule has 1 unspecified atom stereocenters. The van der Waals surface area contributed by atoms with E-state index in [1.165, 1.54) is 30.5 Å². The van der Waals surface area contributed by atoms with Crippen molar-refractivity contribution in [3.05, 3.63) is 29.4 Å². The molecule has 0 aliphatic heterocycles. The largest absolute Gasteiger partial charge is 0.482 e. The Morgan fingerprint density at radius 3 is 2.64 bits per heavy atom. The molecule has 36 heavy (non-hydrogen) atoms. The van der Waals surface area contributed by atoms with Gasteiger partial charge >= 0.3 is 0 Å². The quantitative estimate of drug-likeness (QED) is 0.209. The van der Waals surface area contributed by atoms with E-state index in [1.54, 1.807) is 18.0 Å². The third-order valence-corrected chi connectivity index (χ3v) is 5.92. The number of nitrogens with one attached hydrogen (secondary N) is 1. The number of carbonyl (C=O) groups is 1. The second-order valence-corrected chi connectivity index (χ2v) is 10.7. The normalized spacial score (nSPS) is 11.8. The molecular weight excluding hydrogens is 512 g/mol. The molecule has 0 saturated carbocycles. The molecule has 2 heterocycles. The number of pyridine rings is 2. The smallest absolute Gasteiger partial charge is 0.272 e. The van der Waals surface area contributed by atoms with Gasteiger partial charge in [-0.15, -0.1) is 0 Å². The zero-order chi connectivity index (χ0) is 27.3. The van der Waals surface area contributed by atoms with E-state index < -0.39 is 13.0 Å². The van der Waals surface area contributed by atoms with Gasteiger partial charge in [0.15, 0.2) is 11.6 Å². The highest BCUT2D eigenvalue weighted by atomic mass is 35.5. The second-order valence-electron chi connectivity index (χ2n) is 8.33. The molecule has 2 aromatic rings. The molecule has 0 aliphatic rings. The summed E-state index contributed by atoms with van der Waals surface area (Å²) in [6.45, 7) is 7.14. The maximum atomic E-state index is 12.4. The molecule has 1 N–H and O–H groups in total. The van der Waals surface area contributed by atoms with Crippen molar-refractivity contribution in [1.29, 1.82) is 0 Å². The highest BCUT2D eigenvalue weighted by molar-refractivity contribution is 8.13. The Hall–Kier alpha value is -2.63. The number of halogens is 3. The monoisotopic (exact) mass is 545 g/mol. The van der Waals surface area contributed by atoms with Gasteiger partial charge in [0.1, 0.15) is 18.6 Å². The van der Waals surface area contributed by atoms with E-state index in [0.717, 1.165) is 0 Å². The van der Waals surface area contributed by atoms with Gasteiger partial charge < -0.3 is 24.5 Å². The van der Waals surface area contributed by atoms with Crippen LogP contribution < -0.4 is 19.7 Å². The van der Waals surface area contributed by atoms with Crippen molar-refractivity contribution in [1.82, 2.24) is 15.3 Å². The summed E-state index contributed by atoms with van der Waals surface area (Å²) in [6, 6.07) is 4.39. The number of aliphatic imine (C=N–C) groups is 1. The summed E-state index contributed by atoms with van der Waals surface area (Å²) in [4.78, 5) is 24.3. The van der Waals surface area contributed by atoms with Crippen LogP contribution >= 0.6 is 22.1 Å². The summed E-state index contributed by atoms with van der Waals surface area (Å²) in [7, 11) is 4.00. The zero-order valence-electron chi connectivity index (χ0n) is 21.3. The fraction of sp³-hybridized carbons (Fsp3) is 0.458. The van der Waals surface area contributed by atoms with Gasteiger partial charge in [-0.05, 0) is 52.1 Å². The fourth-order valence-corrected chi connectivity index (χ4v) is 3.48. The average Bonchev–Trinajstić information content (AvgIpc) is 2.83. The van der Waals surface area contributed by atoms with Crippen molar-refractivity contribution in [3.8, 4) is 17.5 Å². The Balaban J connectivity index is 0.000000548. The van der Waals surface area contributed by atoms with Gasteiger partial charge in [0, 0.05) is 30.9 Å². The van der Waals surface area contributed by atoms with Crippen LogP contribution in [-0.2, 0) is 4.79 Å². The van der Waals surface area contributed by atoms with E-state index in [0.29, 0.717) is 33.8 Å². The molecule has 0 radical (unpaired) electrons. The molecule has 2 rings (SSSR count). The molecular formula is C24H34ClF2N5O3S. The van der Waals surface area contributed by atoms with Gasteiger partial charge in [-0.3, -0.25) is 4.99 Å². The fourth-order valence-electron chi connectivity index (χ4n) is 2.48. The first-order valence-electron chi connectivity index (χ1n) is 10.9. The summed E-state index contributed by atoms with van der Waals surface area (Å²) >= 11 is 5.82. The van der Waals surface area contributed by atoms with Crippen LogP contribution in [0, 0.1) is 0 Å². The van der Waals surface area contributed by atoms with E-state index in [9.17, 15) is 13.6 Å². The van der Waals surface area contributed by atoms with Gasteiger partial charge in [-0.1, -0.05) is 17.5 Å². The van der Waals surface area contributed by atoms with Gasteiger partial charge in [0.05, 0.1) is 11.6 Å². The van der Waals surface area contributed by atoms with Crippen LogP contribution in [0.1, 0.15) is 20.3 Å².